The van der Waals surface area contributed by atoms with Gasteiger partial charge in [0.05, 0.1) is 8.07 Å². The first-order valence-electron chi connectivity index (χ1n) is 5.86. The van der Waals surface area contributed by atoms with Gasteiger partial charge in [-0.05, 0) is 32.1 Å². The standard InChI is InChI=1S/C11H25NSi/c1-4-5-8-12-9-6-7-10-13(2,3)11-12/h4-11H2,1-3H3. The predicted molar refractivity (Wildman–Crippen MR) is 62.9 cm³/mol. The van der Waals surface area contributed by atoms with Gasteiger partial charge in [0.25, 0.3) is 0 Å². The molecule has 13 heavy (non-hydrogen) atoms. The molecule has 78 valence electrons. The van der Waals surface area contributed by atoms with Gasteiger partial charge in [0.15, 0.2) is 0 Å². The third-order valence-corrected chi connectivity index (χ3v) is 6.07. The molecular formula is C11H25NSi. The van der Waals surface area contributed by atoms with Crippen LogP contribution < -0.4 is 0 Å². The molecule has 0 atom stereocenters. The normalized spacial score (nSPS) is 24.2. The van der Waals surface area contributed by atoms with Crippen molar-refractivity contribution in [2.45, 2.75) is 51.7 Å². The smallest absolute Gasteiger partial charge is 0.0629 e. The lowest BCUT2D eigenvalue weighted by Crippen LogP contribution is -2.41. The minimum absolute atomic E-state index is 0.828. The van der Waals surface area contributed by atoms with E-state index in [1.165, 1.54) is 44.9 Å². The van der Waals surface area contributed by atoms with Crippen molar-refractivity contribution in [1.29, 1.82) is 0 Å². The van der Waals surface area contributed by atoms with Gasteiger partial charge in [-0.2, -0.15) is 0 Å². The molecule has 2 heteroatoms. The van der Waals surface area contributed by atoms with Crippen molar-refractivity contribution >= 4 is 8.07 Å². The van der Waals surface area contributed by atoms with Crippen LogP contribution in [0.25, 0.3) is 0 Å². The van der Waals surface area contributed by atoms with Crippen LogP contribution in [-0.2, 0) is 0 Å². The molecule has 1 rings (SSSR count). The minimum Gasteiger partial charge on any atom is -0.306 e. The molecule has 1 fully saturated rings. The fourth-order valence-corrected chi connectivity index (χ4v) is 5.17. The fraction of sp³-hybridized carbons (Fsp3) is 1.00. The molecule has 0 radical (unpaired) electrons. The quantitative estimate of drug-likeness (QED) is 0.631. The third-order valence-electron chi connectivity index (χ3n) is 3.06. The van der Waals surface area contributed by atoms with Crippen LogP contribution in [0.3, 0.4) is 0 Å². The van der Waals surface area contributed by atoms with Crippen LogP contribution >= 0.6 is 0 Å². The van der Waals surface area contributed by atoms with E-state index in [2.05, 4.69) is 24.9 Å². The Morgan fingerprint density at radius 2 is 2.00 bits per heavy atom. The first-order chi connectivity index (χ1) is 6.14. The van der Waals surface area contributed by atoms with Crippen molar-refractivity contribution in [3.05, 3.63) is 0 Å². The van der Waals surface area contributed by atoms with E-state index < -0.39 is 8.07 Å². The highest BCUT2D eigenvalue weighted by Crippen LogP contribution is 2.19. The molecule has 1 aliphatic rings. The van der Waals surface area contributed by atoms with Gasteiger partial charge in [-0.15, -0.1) is 0 Å². The third kappa shape index (κ3) is 4.27. The number of rotatable bonds is 3. The van der Waals surface area contributed by atoms with Crippen LogP contribution in [0.5, 0.6) is 0 Å². The largest absolute Gasteiger partial charge is 0.306 e. The first kappa shape index (κ1) is 11.3. The van der Waals surface area contributed by atoms with Crippen LogP contribution in [0, 0.1) is 0 Å². The predicted octanol–water partition coefficient (Wildman–Crippen LogP) is 3.13. The zero-order valence-corrected chi connectivity index (χ0v) is 10.6. The monoisotopic (exact) mass is 199 g/mol. The summed E-state index contributed by atoms with van der Waals surface area (Å²) < 4.78 is 0. The minimum atomic E-state index is -0.828. The summed E-state index contributed by atoms with van der Waals surface area (Å²) in [5.74, 6) is 0. The summed E-state index contributed by atoms with van der Waals surface area (Å²) in [7, 11) is -0.828. The van der Waals surface area contributed by atoms with Gasteiger partial charge in [-0.1, -0.05) is 38.9 Å². The Labute approximate surface area is 84.5 Å². The van der Waals surface area contributed by atoms with E-state index >= 15 is 0 Å². The van der Waals surface area contributed by atoms with Gasteiger partial charge in [0, 0.05) is 0 Å². The van der Waals surface area contributed by atoms with E-state index in [1.807, 2.05) is 0 Å². The maximum absolute atomic E-state index is 2.72. The maximum Gasteiger partial charge on any atom is 0.0629 e. The molecule has 0 spiro atoms. The highest BCUT2D eigenvalue weighted by atomic mass is 28.3. The highest BCUT2D eigenvalue weighted by Gasteiger charge is 2.25. The molecule has 0 unspecified atom stereocenters. The second-order valence-corrected chi connectivity index (χ2v) is 10.4. The topological polar surface area (TPSA) is 3.24 Å². The molecule has 0 aromatic rings. The van der Waals surface area contributed by atoms with Gasteiger partial charge in [0.2, 0.25) is 0 Å². The van der Waals surface area contributed by atoms with E-state index in [-0.39, 0.29) is 0 Å². The van der Waals surface area contributed by atoms with Crippen LogP contribution in [0.15, 0.2) is 0 Å². The van der Waals surface area contributed by atoms with Crippen LogP contribution in [0.4, 0.5) is 0 Å². The molecule has 0 aromatic heterocycles. The maximum atomic E-state index is 2.72. The van der Waals surface area contributed by atoms with Crippen molar-refractivity contribution in [2.24, 2.45) is 0 Å². The van der Waals surface area contributed by atoms with E-state index in [4.69, 9.17) is 0 Å². The molecule has 1 heterocycles. The second kappa shape index (κ2) is 5.16. The van der Waals surface area contributed by atoms with Crippen LogP contribution in [-0.4, -0.2) is 32.2 Å². The molecule has 0 aliphatic carbocycles. The van der Waals surface area contributed by atoms with Crippen molar-refractivity contribution < 1.29 is 0 Å². The number of hydrogen-bond donors (Lipinski definition) is 0. The Bertz CT molecular complexity index is 145. The van der Waals surface area contributed by atoms with Gasteiger partial charge in [-0.3, -0.25) is 0 Å². The summed E-state index contributed by atoms with van der Waals surface area (Å²) >= 11 is 0. The zero-order chi connectivity index (χ0) is 9.73. The molecule has 0 bridgehead atoms. The summed E-state index contributed by atoms with van der Waals surface area (Å²) in [4.78, 5) is 2.72. The van der Waals surface area contributed by atoms with Crippen LogP contribution in [0.2, 0.25) is 19.1 Å². The van der Waals surface area contributed by atoms with E-state index in [0.29, 0.717) is 0 Å². The van der Waals surface area contributed by atoms with Crippen molar-refractivity contribution in [2.75, 3.05) is 19.3 Å². The fourth-order valence-electron chi connectivity index (χ4n) is 2.27. The second-order valence-electron chi connectivity index (χ2n) is 5.25. The molecule has 1 nitrogen and oxygen atoms in total. The average molecular weight is 199 g/mol. The van der Waals surface area contributed by atoms with Crippen LogP contribution in [0.1, 0.15) is 32.6 Å². The Balaban J connectivity index is 2.36. The highest BCUT2D eigenvalue weighted by molar-refractivity contribution is 6.77. The average Bonchev–Trinajstić information content (AvgIpc) is 2.22. The SMILES string of the molecule is CCCCN1CCCC[Si](C)(C)C1. The summed E-state index contributed by atoms with van der Waals surface area (Å²) in [6.07, 6.45) is 7.12. The molecule has 1 aliphatic heterocycles. The van der Waals surface area contributed by atoms with Gasteiger partial charge in [0.1, 0.15) is 0 Å². The van der Waals surface area contributed by atoms with Crippen molar-refractivity contribution in [1.82, 2.24) is 4.90 Å². The molecule has 0 N–H and O–H groups in total. The Morgan fingerprint density at radius 1 is 1.23 bits per heavy atom. The molecule has 0 amide bonds. The summed E-state index contributed by atoms with van der Waals surface area (Å²) in [5, 5.41) is 0. The number of unbranched alkanes of at least 4 members (excludes halogenated alkanes) is 1. The molecule has 1 saturated heterocycles. The lowest BCUT2D eigenvalue weighted by Gasteiger charge is -2.27. The van der Waals surface area contributed by atoms with E-state index in [9.17, 15) is 0 Å². The summed E-state index contributed by atoms with van der Waals surface area (Å²) in [6.45, 7) is 10.1. The van der Waals surface area contributed by atoms with Crippen molar-refractivity contribution in [3.63, 3.8) is 0 Å². The van der Waals surface area contributed by atoms with E-state index in [0.717, 1.165) is 0 Å². The Kier molecular flexibility index (Phi) is 4.46. The van der Waals surface area contributed by atoms with Crippen molar-refractivity contribution in [3.8, 4) is 0 Å². The molecule has 0 aromatic carbocycles. The lowest BCUT2D eigenvalue weighted by molar-refractivity contribution is 0.309. The van der Waals surface area contributed by atoms with Gasteiger partial charge in [-0.25, -0.2) is 0 Å². The van der Waals surface area contributed by atoms with E-state index in [1.54, 1.807) is 6.04 Å². The van der Waals surface area contributed by atoms with Gasteiger partial charge >= 0.3 is 0 Å². The molecule has 0 saturated carbocycles. The first-order valence-corrected chi connectivity index (χ1v) is 9.28. The summed E-state index contributed by atoms with van der Waals surface area (Å²) in [5.41, 5.74) is 0. The zero-order valence-electron chi connectivity index (χ0n) is 9.60. The Hall–Kier alpha value is 0.177. The lowest BCUT2D eigenvalue weighted by atomic mass is 10.3. The summed E-state index contributed by atoms with van der Waals surface area (Å²) in [6, 6.07) is 1.55. The number of nitrogens with zero attached hydrogens (tertiary/aromatic N) is 1. The van der Waals surface area contributed by atoms with Gasteiger partial charge < -0.3 is 4.90 Å². The Morgan fingerprint density at radius 3 is 2.69 bits per heavy atom. The number of hydrogen-bond acceptors (Lipinski definition) is 1. The molecular weight excluding hydrogens is 174 g/mol.